The van der Waals surface area contributed by atoms with Gasteiger partial charge in [0.25, 0.3) is 11.6 Å². The SMILES string of the molecule is CC(=O)NC(=Cc1cccc([N+](=O)[O-])c1)C(=O)Nc1cccc(C(F)(F)F)c1. The van der Waals surface area contributed by atoms with Crippen LogP contribution in [0.2, 0.25) is 0 Å². The van der Waals surface area contributed by atoms with Gasteiger partial charge in [-0.1, -0.05) is 18.2 Å². The monoisotopic (exact) mass is 393 g/mol. The molecule has 0 atom stereocenters. The fourth-order valence-corrected chi connectivity index (χ4v) is 2.21. The van der Waals surface area contributed by atoms with Crippen LogP contribution in [0.15, 0.2) is 54.2 Å². The van der Waals surface area contributed by atoms with Crippen LogP contribution in [-0.2, 0) is 15.8 Å². The molecular weight excluding hydrogens is 379 g/mol. The summed E-state index contributed by atoms with van der Waals surface area (Å²) >= 11 is 0. The molecule has 0 aliphatic heterocycles. The number of hydrogen-bond donors (Lipinski definition) is 2. The molecule has 0 saturated carbocycles. The third-order valence-corrected chi connectivity index (χ3v) is 3.40. The number of hydrogen-bond acceptors (Lipinski definition) is 4. The molecule has 0 saturated heterocycles. The summed E-state index contributed by atoms with van der Waals surface area (Å²) in [6.45, 7) is 1.14. The van der Waals surface area contributed by atoms with Gasteiger partial charge < -0.3 is 10.6 Å². The van der Waals surface area contributed by atoms with Crippen molar-refractivity contribution >= 4 is 29.3 Å². The van der Waals surface area contributed by atoms with Gasteiger partial charge in [0.2, 0.25) is 5.91 Å². The van der Waals surface area contributed by atoms with Crippen molar-refractivity contribution in [1.82, 2.24) is 5.32 Å². The van der Waals surface area contributed by atoms with E-state index in [1.807, 2.05) is 0 Å². The highest BCUT2D eigenvalue weighted by Gasteiger charge is 2.30. The van der Waals surface area contributed by atoms with Crippen molar-refractivity contribution in [3.63, 3.8) is 0 Å². The molecule has 0 bridgehead atoms. The van der Waals surface area contributed by atoms with Crippen LogP contribution in [-0.4, -0.2) is 16.7 Å². The number of halogens is 3. The number of non-ortho nitro benzene ring substituents is 1. The van der Waals surface area contributed by atoms with Crippen molar-refractivity contribution in [2.75, 3.05) is 5.32 Å². The lowest BCUT2D eigenvalue weighted by Gasteiger charge is -2.12. The Morgan fingerprint density at radius 2 is 1.79 bits per heavy atom. The van der Waals surface area contributed by atoms with E-state index in [4.69, 9.17) is 0 Å². The third kappa shape index (κ3) is 5.66. The second kappa shape index (κ2) is 8.33. The predicted molar refractivity (Wildman–Crippen MR) is 95.0 cm³/mol. The summed E-state index contributed by atoms with van der Waals surface area (Å²) in [6.07, 6.45) is -3.41. The minimum absolute atomic E-state index is 0.130. The van der Waals surface area contributed by atoms with E-state index < -0.39 is 28.5 Å². The number of nitrogens with one attached hydrogen (secondary N) is 2. The Balaban J connectivity index is 2.33. The summed E-state index contributed by atoms with van der Waals surface area (Å²) in [5, 5.41) is 15.4. The highest BCUT2D eigenvalue weighted by Crippen LogP contribution is 2.30. The lowest BCUT2D eigenvalue weighted by atomic mass is 10.1. The predicted octanol–water partition coefficient (Wildman–Crippen LogP) is 3.73. The molecule has 0 radical (unpaired) electrons. The average Bonchev–Trinajstić information content (AvgIpc) is 2.60. The number of alkyl halides is 3. The van der Waals surface area contributed by atoms with Gasteiger partial charge in [0.05, 0.1) is 10.5 Å². The first kappa shape index (κ1) is 20.6. The van der Waals surface area contributed by atoms with Gasteiger partial charge in [0.15, 0.2) is 0 Å². The van der Waals surface area contributed by atoms with Gasteiger partial charge in [-0.05, 0) is 29.8 Å². The Labute approximate surface area is 157 Å². The lowest BCUT2D eigenvalue weighted by molar-refractivity contribution is -0.384. The fraction of sp³-hybridized carbons (Fsp3) is 0.111. The molecule has 0 fully saturated rings. The standard InChI is InChI=1S/C18H14F3N3O4/c1-11(25)22-16(9-12-4-2-7-15(8-12)24(27)28)17(26)23-14-6-3-5-13(10-14)18(19,20)21/h2-10H,1H3,(H,22,25)(H,23,26). The molecule has 0 aliphatic rings. The first-order valence-corrected chi connectivity index (χ1v) is 7.78. The zero-order valence-electron chi connectivity index (χ0n) is 14.4. The molecule has 0 aromatic heterocycles. The van der Waals surface area contributed by atoms with Crippen LogP contribution in [0.3, 0.4) is 0 Å². The lowest BCUT2D eigenvalue weighted by Crippen LogP contribution is -2.29. The molecule has 0 aliphatic carbocycles. The van der Waals surface area contributed by atoms with Gasteiger partial charge in [-0.2, -0.15) is 13.2 Å². The highest BCUT2D eigenvalue weighted by atomic mass is 19.4. The van der Waals surface area contributed by atoms with E-state index in [2.05, 4.69) is 10.6 Å². The maximum Gasteiger partial charge on any atom is 0.416 e. The van der Waals surface area contributed by atoms with E-state index >= 15 is 0 Å². The Morgan fingerprint density at radius 1 is 1.11 bits per heavy atom. The molecule has 2 N–H and O–H groups in total. The van der Waals surface area contributed by atoms with Crippen molar-refractivity contribution in [1.29, 1.82) is 0 Å². The molecule has 0 heterocycles. The normalized spacial score (nSPS) is 11.6. The zero-order valence-corrected chi connectivity index (χ0v) is 14.4. The molecule has 10 heteroatoms. The molecule has 2 rings (SSSR count). The number of amides is 2. The van der Waals surface area contributed by atoms with Gasteiger partial charge in [0.1, 0.15) is 5.70 Å². The van der Waals surface area contributed by atoms with Crippen LogP contribution < -0.4 is 10.6 Å². The second-order valence-corrected chi connectivity index (χ2v) is 5.62. The Kier molecular flexibility index (Phi) is 6.14. The van der Waals surface area contributed by atoms with Gasteiger partial charge in [-0.3, -0.25) is 19.7 Å². The van der Waals surface area contributed by atoms with Gasteiger partial charge in [-0.25, -0.2) is 0 Å². The Bertz CT molecular complexity index is 955. The summed E-state index contributed by atoms with van der Waals surface area (Å²) in [4.78, 5) is 34.0. The maximum absolute atomic E-state index is 12.8. The first-order chi connectivity index (χ1) is 13.1. The number of rotatable bonds is 5. The minimum atomic E-state index is -4.58. The molecule has 7 nitrogen and oxygen atoms in total. The van der Waals surface area contributed by atoms with Crippen LogP contribution in [0, 0.1) is 10.1 Å². The van der Waals surface area contributed by atoms with Crippen molar-refractivity contribution in [3.05, 3.63) is 75.5 Å². The number of nitro groups is 1. The highest BCUT2D eigenvalue weighted by molar-refractivity contribution is 6.08. The van der Waals surface area contributed by atoms with Crippen LogP contribution in [0.25, 0.3) is 6.08 Å². The number of carbonyl (C=O) groups is 2. The van der Waals surface area contributed by atoms with Crippen molar-refractivity contribution in [2.24, 2.45) is 0 Å². The van der Waals surface area contributed by atoms with Crippen LogP contribution in [0.5, 0.6) is 0 Å². The van der Waals surface area contributed by atoms with E-state index in [1.54, 1.807) is 0 Å². The summed E-state index contributed by atoms with van der Waals surface area (Å²) in [5.41, 5.74) is -1.35. The quantitative estimate of drug-likeness (QED) is 0.459. The number of nitrogens with zero attached hydrogens (tertiary/aromatic N) is 1. The van der Waals surface area contributed by atoms with E-state index in [-0.39, 0.29) is 22.6 Å². The Morgan fingerprint density at radius 3 is 2.39 bits per heavy atom. The largest absolute Gasteiger partial charge is 0.416 e. The average molecular weight is 393 g/mol. The molecule has 0 spiro atoms. The summed E-state index contributed by atoms with van der Waals surface area (Å²) < 4.78 is 38.4. The van der Waals surface area contributed by atoms with Gasteiger partial charge in [0, 0.05) is 24.7 Å². The smallest absolute Gasteiger partial charge is 0.322 e. The van der Waals surface area contributed by atoms with Crippen molar-refractivity contribution in [2.45, 2.75) is 13.1 Å². The molecule has 28 heavy (non-hydrogen) atoms. The third-order valence-electron chi connectivity index (χ3n) is 3.40. The summed E-state index contributed by atoms with van der Waals surface area (Å²) in [6, 6.07) is 9.26. The Hall–Kier alpha value is -3.69. The van der Waals surface area contributed by atoms with Gasteiger partial charge >= 0.3 is 6.18 Å². The number of nitro benzene ring substituents is 1. The van der Waals surface area contributed by atoms with E-state index in [0.717, 1.165) is 25.1 Å². The molecule has 2 aromatic carbocycles. The number of benzene rings is 2. The summed E-state index contributed by atoms with van der Waals surface area (Å²) in [7, 11) is 0. The van der Waals surface area contributed by atoms with Crippen LogP contribution in [0.4, 0.5) is 24.5 Å². The molecule has 0 unspecified atom stereocenters. The molecule has 146 valence electrons. The zero-order chi connectivity index (χ0) is 20.9. The van der Waals surface area contributed by atoms with Gasteiger partial charge in [-0.15, -0.1) is 0 Å². The molecule has 2 aromatic rings. The molecular formula is C18H14F3N3O4. The summed E-state index contributed by atoms with van der Waals surface area (Å²) in [5.74, 6) is -1.49. The minimum Gasteiger partial charge on any atom is -0.322 e. The van der Waals surface area contributed by atoms with Crippen molar-refractivity contribution in [3.8, 4) is 0 Å². The second-order valence-electron chi connectivity index (χ2n) is 5.62. The van der Waals surface area contributed by atoms with Crippen LogP contribution in [0.1, 0.15) is 18.1 Å². The number of carbonyl (C=O) groups excluding carboxylic acids is 2. The first-order valence-electron chi connectivity index (χ1n) is 7.78. The van der Waals surface area contributed by atoms with E-state index in [0.29, 0.717) is 0 Å². The fourth-order valence-electron chi connectivity index (χ4n) is 2.21. The van der Waals surface area contributed by atoms with E-state index in [9.17, 15) is 32.9 Å². The van der Waals surface area contributed by atoms with Crippen molar-refractivity contribution < 1.29 is 27.7 Å². The topological polar surface area (TPSA) is 101 Å². The maximum atomic E-state index is 12.8. The van der Waals surface area contributed by atoms with Crippen LogP contribution >= 0.6 is 0 Å². The number of anilines is 1. The van der Waals surface area contributed by atoms with E-state index in [1.165, 1.54) is 36.4 Å². The molecule has 2 amide bonds.